The van der Waals surface area contributed by atoms with Crippen molar-refractivity contribution in [1.82, 2.24) is 0 Å². The molecule has 6 aromatic carbocycles. The molecule has 368 valence electrons. The maximum Gasteiger partial charge on any atom is 0.125 e. The van der Waals surface area contributed by atoms with E-state index >= 15 is 0 Å². The molecule has 0 radical (unpaired) electrons. The number of ether oxygens (including phenoxy) is 10. The molecule has 5 atom stereocenters. The van der Waals surface area contributed by atoms with E-state index in [9.17, 15) is 5.11 Å². The van der Waals surface area contributed by atoms with Crippen LogP contribution >= 0.6 is 0 Å². The first-order valence-electron chi connectivity index (χ1n) is 24.4. The molecule has 0 aliphatic carbocycles. The van der Waals surface area contributed by atoms with E-state index in [2.05, 4.69) is 104 Å². The van der Waals surface area contributed by atoms with Crippen molar-refractivity contribution >= 4 is 0 Å². The molecule has 0 spiro atoms. The first-order chi connectivity index (χ1) is 33.8. The Balaban J connectivity index is 0.856. The molecule has 11 nitrogen and oxygen atoms in total. The molecule has 3 saturated heterocycles. The van der Waals surface area contributed by atoms with Crippen LogP contribution in [0.4, 0.5) is 0 Å². The smallest absolute Gasteiger partial charge is 0.125 e. The third-order valence-corrected chi connectivity index (χ3v) is 12.8. The summed E-state index contributed by atoms with van der Waals surface area (Å²) in [5.41, 5.74) is 14.9. The summed E-state index contributed by atoms with van der Waals surface area (Å²) in [5.74, 6) is 4.87. The van der Waals surface area contributed by atoms with Gasteiger partial charge in [0.2, 0.25) is 0 Å². The molecule has 9 rings (SSSR count). The molecule has 0 amide bonds. The Labute approximate surface area is 412 Å². The van der Waals surface area contributed by atoms with Crippen molar-refractivity contribution < 1.29 is 52.5 Å². The highest BCUT2D eigenvalue weighted by Gasteiger charge is 2.26. The molecular formula is C59H66O11. The number of rotatable bonds is 24. The lowest BCUT2D eigenvalue weighted by molar-refractivity contribution is -0.0540. The second-order valence-corrected chi connectivity index (χ2v) is 19.1. The summed E-state index contributed by atoms with van der Waals surface area (Å²) in [5, 5.41) is 11.2. The second kappa shape index (κ2) is 21.9. The summed E-state index contributed by atoms with van der Waals surface area (Å²) >= 11 is 0. The Morgan fingerprint density at radius 2 is 0.686 bits per heavy atom. The fourth-order valence-corrected chi connectivity index (χ4v) is 8.88. The zero-order valence-electron chi connectivity index (χ0n) is 41.7. The van der Waals surface area contributed by atoms with E-state index in [1.54, 1.807) is 0 Å². The average molecular weight is 951 g/mol. The molecular weight excluding hydrogens is 885 g/mol. The molecule has 6 aromatic rings. The maximum atomic E-state index is 11.2. The van der Waals surface area contributed by atoms with Gasteiger partial charge in [-0.1, -0.05) is 24.3 Å². The first-order valence-corrected chi connectivity index (χ1v) is 24.4. The van der Waals surface area contributed by atoms with Crippen LogP contribution in [0, 0.1) is 55.4 Å². The van der Waals surface area contributed by atoms with Crippen LogP contribution in [0.5, 0.6) is 34.5 Å². The van der Waals surface area contributed by atoms with Crippen LogP contribution in [-0.2, 0) is 18.9 Å². The number of aliphatic hydroxyl groups is 1. The van der Waals surface area contributed by atoms with Gasteiger partial charge in [-0.3, -0.25) is 0 Å². The van der Waals surface area contributed by atoms with Gasteiger partial charge in [0.1, 0.15) is 105 Å². The standard InChI is InChI=1S/C59H66O11/c1-35-17-45(18-36(2)56(35)67-31-53-29-65-53)47-21-39(5)58(40(6)22-47)69-33-55(34-70-59-41(7)23-48(24-42(59)8)46-19-37(3)57(38(4)20-46)68-32-54-30-66-54)62-26-49(60)25-61-50-13-9-43(10-14-50)44-11-15-51(16-12-44)63-27-52-28-64-52/h9-24,49,52-55,60H,25-34H2,1-8H3/t49?,52?,53-,54?,55?/m1/s1. The summed E-state index contributed by atoms with van der Waals surface area (Å²) in [6.45, 7) is 21.1. The van der Waals surface area contributed by atoms with Crippen LogP contribution in [0.15, 0.2) is 97.1 Å². The minimum atomic E-state index is -0.905. The Bertz CT molecular complexity index is 2530. The molecule has 0 saturated carbocycles. The zero-order valence-corrected chi connectivity index (χ0v) is 41.7. The molecule has 3 heterocycles. The number of hydrogen-bond donors (Lipinski definition) is 1. The first kappa shape index (κ1) is 48.9. The lowest BCUT2D eigenvalue weighted by atomic mass is 9.96. The van der Waals surface area contributed by atoms with Gasteiger partial charge in [-0.2, -0.15) is 0 Å². The number of benzene rings is 6. The van der Waals surface area contributed by atoms with Crippen LogP contribution in [-0.4, -0.2) is 102 Å². The highest BCUT2D eigenvalue weighted by atomic mass is 16.6. The Morgan fingerprint density at radius 3 is 1.01 bits per heavy atom. The highest BCUT2D eigenvalue weighted by molar-refractivity contribution is 5.72. The van der Waals surface area contributed by atoms with Crippen molar-refractivity contribution in [3.63, 3.8) is 0 Å². The molecule has 3 fully saturated rings. The van der Waals surface area contributed by atoms with E-state index in [0.717, 1.165) is 126 Å². The molecule has 3 aliphatic heterocycles. The Kier molecular flexibility index (Phi) is 15.3. The van der Waals surface area contributed by atoms with Crippen molar-refractivity contribution in [3.05, 3.63) is 142 Å². The van der Waals surface area contributed by atoms with Crippen molar-refractivity contribution in [1.29, 1.82) is 0 Å². The number of epoxide rings is 3. The minimum absolute atomic E-state index is 0.0166. The Hall–Kier alpha value is -6.08. The topological polar surface area (TPSA) is 122 Å². The van der Waals surface area contributed by atoms with Gasteiger partial charge in [0, 0.05) is 0 Å². The van der Waals surface area contributed by atoms with Gasteiger partial charge in [0.05, 0.1) is 26.4 Å². The van der Waals surface area contributed by atoms with Crippen LogP contribution in [0.1, 0.15) is 44.5 Å². The van der Waals surface area contributed by atoms with E-state index in [4.69, 9.17) is 47.4 Å². The third kappa shape index (κ3) is 12.8. The monoisotopic (exact) mass is 950 g/mol. The van der Waals surface area contributed by atoms with Crippen LogP contribution in [0.3, 0.4) is 0 Å². The molecule has 0 aromatic heterocycles. The van der Waals surface area contributed by atoms with Crippen molar-refractivity contribution in [3.8, 4) is 67.9 Å². The predicted molar refractivity (Wildman–Crippen MR) is 271 cm³/mol. The predicted octanol–water partition coefficient (Wildman–Crippen LogP) is 10.8. The van der Waals surface area contributed by atoms with Crippen molar-refractivity contribution in [2.75, 3.05) is 66.1 Å². The second-order valence-electron chi connectivity index (χ2n) is 19.1. The average Bonchev–Trinajstić information content (AvgIpc) is 4.18. The maximum absolute atomic E-state index is 11.2. The fraction of sp³-hybridized carbons (Fsp3) is 0.390. The van der Waals surface area contributed by atoms with Gasteiger partial charge in [0.25, 0.3) is 0 Å². The molecule has 4 unspecified atom stereocenters. The summed E-state index contributed by atoms with van der Waals surface area (Å²) in [4.78, 5) is 0. The quantitative estimate of drug-likeness (QED) is 0.0584. The van der Waals surface area contributed by atoms with Crippen LogP contribution in [0.25, 0.3) is 33.4 Å². The van der Waals surface area contributed by atoms with Crippen LogP contribution in [0.2, 0.25) is 0 Å². The van der Waals surface area contributed by atoms with Gasteiger partial charge in [-0.25, -0.2) is 0 Å². The third-order valence-electron chi connectivity index (χ3n) is 12.8. The van der Waals surface area contributed by atoms with Gasteiger partial charge in [-0.05, 0) is 206 Å². The molecule has 0 bridgehead atoms. The highest BCUT2D eigenvalue weighted by Crippen LogP contribution is 2.37. The van der Waals surface area contributed by atoms with E-state index in [0.29, 0.717) is 25.6 Å². The molecule has 70 heavy (non-hydrogen) atoms. The zero-order chi connectivity index (χ0) is 48.9. The normalized spacial score (nSPS) is 17.6. The lowest BCUT2D eigenvalue weighted by Crippen LogP contribution is -2.34. The largest absolute Gasteiger partial charge is 0.491 e. The van der Waals surface area contributed by atoms with E-state index in [1.165, 1.54) is 0 Å². The van der Waals surface area contributed by atoms with Gasteiger partial charge < -0.3 is 52.5 Å². The summed E-state index contributed by atoms with van der Waals surface area (Å²) < 4.78 is 59.6. The van der Waals surface area contributed by atoms with Gasteiger partial charge in [0.15, 0.2) is 0 Å². The number of hydrogen-bond acceptors (Lipinski definition) is 11. The lowest BCUT2D eigenvalue weighted by Gasteiger charge is -2.24. The Morgan fingerprint density at radius 1 is 0.386 bits per heavy atom. The van der Waals surface area contributed by atoms with Gasteiger partial charge >= 0.3 is 0 Å². The minimum Gasteiger partial charge on any atom is -0.491 e. The summed E-state index contributed by atoms with van der Waals surface area (Å²) in [6, 6.07) is 33.2. The van der Waals surface area contributed by atoms with E-state index in [1.807, 2.05) is 48.5 Å². The summed E-state index contributed by atoms with van der Waals surface area (Å²) in [7, 11) is 0. The fourth-order valence-electron chi connectivity index (χ4n) is 8.88. The molecule has 3 aliphatic rings. The molecule has 1 N–H and O–H groups in total. The van der Waals surface area contributed by atoms with Crippen molar-refractivity contribution in [2.45, 2.75) is 85.9 Å². The van der Waals surface area contributed by atoms with Crippen LogP contribution < -0.4 is 28.4 Å². The van der Waals surface area contributed by atoms with Gasteiger partial charge in [-0.15, -0.1) is 0 Å². The number of aryl methyl sites for hydroxylation is 8. The number of aliphatic hydroxyl groups excluding tert-OH is 1. The SMILES string of the molecule is Cc1cc(-c2cc(C)c(OCC3CO3)c(C)c2)cc(C)c1OCC(COc1c(C)cc(-c2cc(C)c(OC[C@H]3CO3)c(C)c2)cc1C)OCC(O)COc1ccc(-c2ccc(OCC3CO3)cc2)cc1. The summed E-state index contributed by atoms with van der Waals surface area (Å²) in [6.07, 6.45) is -0.823. The van der Waals surface area contributed by atoms with E-state index < -0.39 is 12.2 Å². The molecule has 11 heteroatoms. The van der Waals surface area contributed by atoms with Crippen molar-refractivity contribution in [2.24, 2.45) is 0 Å². The van der Waals surface area contributed by atoms with E-state index in [-0.39, 0.29) is 44.7 Å².